The van der Waals surface area contributed by atoms with Crippen LogP contribution in [0.2, 0.25) is 0 Å². The largest absolute Gasteiger partial charge is 0.472 e. The molecule has 14 heavy (non-hydrogen) atoms. The topological polar surface area (TPSA) is 64.3 Å². The smallest absolute Gasteiger partial charge is 0.166 e. The highest BCUT2D eigenvalue weighted by atomic mass is 32.2. The second-order valence-electron chi connectivity index (χ2n) is 3.17. The molecule has 5 heteroatoms. The molecule has 0 amide bonds. The van der Waals surface area contributed by atoms with E-state index in [4.69, 9.17) is 4.42 Å². The highest BCUT2D eigenvalue weighted by Gasteiger charge is 2.08. The number of hydrogen-bond acceptors (Lipinski definition) is 4. The van der Waals surface area contributed by atoms with E-state index in [-0.39, 0.29) is 18.0 Å². The van der Waals surface area contributed by atoms with Crippen LogP contribution in [0.25, 0.3) is 0 Å². The van der Waals surface area contributed by atoms with Gasteiger partial charge in [0.25, 0.3) is 0 Å². The fourth-order valence-corrected chi connectivity index (χ4v) is 1.73. The molecular weight excluding hydrogens is 204 g/mol. The standard InChI is InChI=1S/C9H12O4S/c1-14(11,12)6-2-3-9(10)8-4-5-13-7-8/h4-5,7H,2-3,6H2,1H3. The molecule has 78 valence electrons. The Morgan fingerprint density at radius 2 is 2.21 bits per heavy atom. The second kappa shape index (κ2) is 4.41. The van der Waals surface area contributed by atoms with Crippen LogP contribution in [0.4, 0.5) is 0 Å². The third kappa shape index (κ3) is 3.74. The van der Waals surface area contributed by atoms with Crippen LogP contribution in [-0.4, -0.2) is 26.2 Å². The van der Waals surface area contributed by atoms with E-state index in [0.717, 1.165) is 6.26 Å². The fraction of sp³-hybridized carbons (Fsp3) is 0.444. The normalized spacial score (nSPS) is 11.5. The molecule has 0 aromatic carbocycles. The zero-order chi connectivity index (χ0) is 10.6. The van der Waals surface area contributed by atoms with Crippen molar-refractivity contribution < 1.29 is 17.6 Å². The van der Waals surface area contributed by atoms with Crippen molar-refractivity contribution in [3.8, 4) is 0 Å². The lowest BCUT2D eigenvalue weighted by molar-refractivity contribution is 0.0981. The van der Waals surface area contributed by atoms with E-state index < -0.39 is 9.84 Å². The van der Waals surface area contributed by atoms with Crippen LogP contribution in [0, 0.1) is 0 Å². The monoisotopic (exact) mass is 216 g/mol. The van der Waals surface area contributed by atoms with Crippen molar-refractivity contribution >= 4 is 15.6 Å². The second-order valence-corrected chi connectivity index (χ2v) is 5.43. The summed E-state index contributed by atoms with van der Waals surface area (Å²) in [4.78, 5) is 11.3. The predicted molar refractivity (Wildman–Crippen MR) is 52.0 cm³/mol. The SMILES string of the molecule is CS(=O)(=O)CCCC(=O)c1ccoc1. The summed E-state index contributed by atoms with van der Waals surface area (Å²) in [7, 11) is -2.96. The molecule has 0 spiro atoms. The van der Waals surface area contributed by atoms with Gasteiger partial charge >= 0.3 is 0 Å². The van der Waals surface area contributed by atoms with E-state index in [1.807, 2.05) is 0 Å². The maximum atomic E-state index is 11.3. The van der Waals surface area contributed by atoms with E-state index in [1.54, 1.807) is 6.07 Å². The van der Waals surface area contributed by atoms with Gasteiger partial charge in [0.1, 0.15) is 16.1 Å². The van der Waals surface area contributed by atoms with Gasteiger partial charge in [-0.15, -0.1) is 0 Å². The van der Waals surface area contributed by atoms with Gasteiger partial charge < -0.3 is 4.42 Å². The van der Waals surface area contributed by atoms with E-state index >= 15 is 0 Å². The van der Waals surface area contributed by atoms with Crippen molar-refractivity contribution in [3.05, 3.63) is 24.2 Å². The molecule has 1 rings (SSSR count). The lowest BCUT2D eigenvalue weighted by Crippen LogP contribution is -2.06. The maximum absolute atomic E-state index is 11.3. The van der Waals surface area contributed by atoms with E-state index in [0.29, 0.717) is 12.0 Å². The van der Waals surface area contributed by atoms with Crippen LogP contribution in [0.5, 0.6) is 0 Å². The van der Waals surface area contributed by atoms with Crippen molar-refractivity contribution in [2.75, 3.05) is 12.0 Å². The Morgan fingerprint density at radius 1 is 1.50 bits per heavy atom. The lowest BCUT2D eigenvalue weighted by atomic mass is 10.1. The minimum absolute atomic E-state index is 0.0522. The molecule has 0 fully saturated rings. The van der Waals surface area contributed by atoms with Crippen molar-refractivity contribution in [2.24, 2.45) is 0 Å². The molecule has 0 radical (unpaired) electrons. The molecule has 0 bridgehead atoms. The minimum Gasteiger partial charge on any atom is -0.472 e. The average molecular weight is 216 g/mol. The Balaban J connectivity index is 2.37. The van der Waals surface area contributed by atoms with Crippen molar-refractivity contribution in [2.45, 2.75) is 12.8 Å². The van der Waals surface area contributed by atoms with Crippen LogP contribution in [0.15, 0.2) is 23.0 Å². The van der Waals surface area contributed by atoms with Crippen molar-refractivity contribution in [1.82, 2.24) is 0 Å². The molecule has 0 atom stereocenters. The van der Waals surface area contributed by atoms with Crippen molar-refractivity contribution in [1.29, 1.82) is 0 Å². The van der Waals surface area contributed by atoms with Gasteiger partial charge in [0.05, 0.1) is 17.6 Å². The number of Topliss-reactive ketones (excluding diaryl/α,β-unsaturated/α-hetero) is 1. The van der Waals surface area contributed by atoms with Gasteiger partial charge in [-0.3, -0.25) is 4.79 Å². The van der Waals surface area contributed by atoms with Gasteiger partial charge in [-0.25, -0.2) is 8.42 Å². The third-order valence-electron chi connectivity index (χ3n) is 1.76. The van der Waals surface area contributed by atoms with Crippen molar-refractivity contribution in [3.63, 3.8) is 0 Å². The summed E-state index contributed by atoms with van der Waals surface area (Å²) in [6.45, 7) is 0. The summed E-state index contributed by atoms with van der Waals surface area (Å²) in [5.41, 5.74) is 0.499. The molecular formula is C9H12O4S. The number of sulfone groups is 1. The lowest BCUT2D eigenvalue weighted by Gasteiger charge is -1.97. The molecule has 1 aromatic heterocycles. The molecule has 0 aliphatic rings. The third-order valence-corrected chi connectivity index (χ3v) is 2.79. The summed E-state index contributed by atoms with van der Waals surface area (Å²) in [6, 6.07) is 1.57. The highest BCUT2D eigenvalue weighted by Crippen LogP contribution is 2.06. The summed E-state index contributed by atoms with van der Waals surface area (Å²) in [5.74, 6) is -0.0289. The fourth-order valence-electron chi connectivity index (χ4n) is 1.06. The van der Waals surface area contributed by atoms with Gasteiger partial charge in [-0.2, -0.15) is 0 Å². The Labute approximate surface area is 82.8 Å². The van der Waals surface area contributed by atoms with Gasteiger partial charge in [-0.1, -0.05) is 0 Å². The van der Waals surface area contributed by atoms with E-state index in [1.165, 1.54) is 12.5 Å². The Morgan fingerprint density at radius 3 is 2.71 bits per heavy atom. The number of hydrogen-bond donors (Lipinski definition) is 0. The summed E-state index contributed by atoms with van der Waals surface area (Å²) in [6.07, 6.45) is 4.55. The molecule has 1 heterocycles. The van der Waals surface area contributed by atoms with Gasteiger partial charge in [0, 0.05) is 12.7 Å². The molecule has 0 unspecified atom stereocenters. The Hall–Kier alpha value is -1.10. The number of carbonyl (C=O) groups is 1. The zero-order valence-electron chi connectivity index (χ0n) is 7.89. The molecule has 0 saturated heterocycles. The predicted octanol–water partition coefficient (Wildman–Crippen LogP) is 1.29. The van der Waals surface area contributed by atoms with Gasteiger partial charge in [0.2, 0.25) is 0 Å². The average Bonchev–Trinajstić information content (AvgIpc) is 2.53. The van der Waals surface area contributed by atoms with Crippen LogP contribution in [0.1, 0.15) is 23.2 Å². The summed E-state index contributed by atoms with van der Waals surface area (Å²) in [5, 5.41) is 0. The highest BCUT2D eigenvalue weighted by molar-refractivity contribution is 7.90. The first-order valence-electron chi connectivity index (χ1n) is 4.22. The van der Waals surface area contributed by atoms with E-state index in [2.05, 4.69) is 0 Å². The van der Waals surface area contributed by atoms with Crippen LogP contribution in [0.3, 0.4) is 0 Å². The molecule has 0 aliphatic heterocycles. The first kappa shape index (κ1) is 11.0. The molecule has 0 N–H and O–H groups in total. The number of furan rings is 1. The first-order valence-corrected chi connectivity index (χ1v) is 6.28. The number of ketones is 1. The zero-order valence-corrected chi connectivity index (χ0v) is 8.71. The van der Waals surface area contributed by atoms with Gasteiger partial charge in [-0.05, 0) is 12.5 Å². The van der Waals surface area contributed by atoms with E-state index in [9.17, 15) is 13.2 Å². The molecule has 1 aromatic rings. The summed E-state index contributed by atoms with van der Waals surface area (Å²) < 4.78 is 26.3. The van der Waals surface area contributed by atoms with Crippen LogP contribution < -0.4 is 0 Å². The van der Waals surface area contributed by atoms with Crippen LogP contribution in [-0.2, 0) is 9.84 Å². The number of carbonyl (C=O) groups excluding carboxylic acids is 1. The molecule has 0 saturated carbocycles. The Bertz CT molecular complexity index is 388. The molecule has 0 aliphatic carbocycles. The maximum Gasteiger partial charge on any atom is 0.166 e. The van der Waals surface area contributed by atoms with Crippen LogP contribution >= 0.6 is 0 Å². The number of rotatable bonds is 5. The minimum atomic E-state index is -2.96. The quantitative estimate of drug-likeness (QED) is 0.695. The first-order chi connectivity index (χ1) is 6.49. The Kier molecular flexibility index (Phi) is 3.46. The molecule has 4 nitrogen and oxygen atoms in total. The van der Waals surface area contributed by atoms with Gasteiger partial charge in [0.15, 0.2) is 5.78 Å². The summed E-state index contributed by atoms with van der Waals surface area (Å²) >= 11 is 0.